The predicted molar refractivity (Wildman–Crippen MR) is 85.2 cm³/mol. The minimum atomic E-state index is -1.05. The van der Waals surface area contributed by atoms with E-state index in [1.807, 2.05) is 48.5 Å². The second-order valence-electron chi connectivity index (χ2n) is 5.67. The van der Waals surface area contributed by atoms with E-state index in [1.54, 1.807) is 0 Å². The molecule has 1 nitrogen and oxygen atoms in total. The Bertz CT molecular complexity index is 770. The Labute approximate surface area is 124 Å². The van der Waals surface area contributed by atoms with Gasteiger partial charge < -0.3 is 5.11 Å². The fraction of sp³-hybridized carbons (Fsp3) is 0.100. The van der Waals surface area contributed by atoms with Crippen molar-refractivity contribution >= 4 is 0 Å². The van der Waals surface area contributed by atoms with Crippen molar-refractivity contribution in [3.05, 3.63) is 95.1 Å². The van der Waals surface area contributed by atoms with Crippen molar-refractivity contribution in [2.24, 2.45) is 0 Å². The maximum Gasteiger partial charge on any atom is 0.141 e. The quantitative estimate of drug-likeness (QED) is 0.701. The number of aliphatic hydroxyl groups is 1. The van der Waals surface area contributed by atoms with Crippen molar-refractivity contribution in [3.8, 4) is 11.1 Å². The number of hydrogen-bond acceptors (Lipinski definition) is 1. The Morgan fingerprint density at radius 3 is 1.67 bits per heavy atom. The first-order valence-corrected chi connectivity index (χ1v) is 7.20. The van der Waals surface area contributed by atoms with Crippen LogP contribution in [0.25, 0.3) is 11.1 Å². The number of benzene rings is 3. The van der Waals surface area contributed by atoms with Gasteiger partial charge in [-0.15, -0.1) is 0 Å². The fourth-order valence-electron chi connectivity index (χ4n) is 3.32. The van der Waals surface area contributed by atoms with Gasteiger partial charge in [-0.05, 0) is 23.6 Å². The average molecular weight is 272 g/mol. The minimum Gasteiger partial charge on any atom is -0.376 e. The molecule has 0 bridgehead atoms. The Morgan fingerprint density at radius 2 is 1.14 bits per heavy atom. The Morgan fingerprint density at radius 1 is 0.667 bits per heavy atom. The van der Waals surface area contributed by atoms with Crippen LogP contribution in [0, 0.1) is 6.92 Å². The first-order valence-electron chi connectivity index (χ1n) is 7.20. The molecule has 1 N–H and O–H groups in total. The summed E-state index contributed by atoms with van der Waals surface area (Å²) in [5.41, 5.74) is 5.24. The maximum absolute atomic E-state index is 11.6. The van der Waals surface area contributed by atoms with E-state index in [2.05, 4.69) is 31.2 Å². The zero-order chi connectivity index (χ0) is 14.4. The molecular formula is C20H16O. The maximum atomic E-state index is 11.6. The summed E-state index contributed by atoms with van der Waals surface area (Å²) in [7, 11) is 0. The second kappa shape index (κ2) is 4.31. The van der Waals surface area contributed by atoms with Crippen molar-refractivity contribution in [2.75, 3.05) is 0 Å². The van der Waals surface area contributed by atoms with Crippen LogP contribution < -0.4 is 0 Å². The molecule has 0 unspecified atom stereocenters. The zero-order valence-corrected chi connectivity index (χ0v) is 11.9. The van der Waals surface area contributed by atoms with Crippen LogP contribution in [-0.4, -0.2) is 5.11 Å². The van der Waals surface area contributed by atoms with Gasteiger partial charge in [-0.1, -0.05) is 78.4 Å². The standard InChI is InChI=1S/C20H16O/c1-14-10-12-15(13-11-14)20(21)18-8-4-2-6-16(18)17-7-3-5-9-19(17)20/h2-13,21H,1H3. The second-order valence-corrected chi connectivity index (χ2v) is 5.67. The van der Waals surface area contributed by atoms with E-state index in [-0.39, 0.29) is 0 Å². The Balaban J connectivity index is 2.06. The van der Waals surface area contributed by atoms with Gasteiger partial charge in [0.25, 0.3) is 0 Å². The molecule has 0 atom stereocenters. The van der Waals surface area contributed by atoms with Crippen LogP contribution in [0.3, 0.4) is 0 Å². The van der Waals surface area contributed by atoms with E-state index in [1.165, 1.54) is 5.56 Å². The predicted octanol–water partition coefficient (Wildman–Crippen LogP) is 4.26. The number of hydrogen-bond donors (Lipinski definition) is 1. The van der Waals surface area contributed by atoms with Crippen LogP contribution in [-0.2, 0) is 5.60 Å². The van der Waals surface area contributed by atoms with E-state index >= 15 is 0 Å². The van der Waals surface area contributed by atoms with Crippen LogP contribution in [0.2, 0.25) is 0 Å². The molecule has 0 spiro atoms. The summed E-state index contributed by atoms with van der Waals surface area (Å²) in [5, 5.41) is 11.6. The lowest BCUT2D eigenvalue weighted by molar-refractivity contribution is 0.130. The first kappa shape index (κ1) is 12.4. The molecule has 0 saturated carbocycles. The summed E-state index contributed by atoms with van der Waals surface area (Å²) in [6.45, 7) is 2.06. The van der Waals surface area contributed by atoms with Crippen LogP contribution >= 0.6 is 0 Å². The van der Waals surface area contributed by atoms with E-state index < -0.39 is 5.60 Å². The largest absolute Gasteiger partial charge is 0.376 e. The van der Waals surface area contributed by atoms with Crippen molar-refractivity contribution in [2.45, 2.75) is 12.5 Å². The normalized spacial score (nSPS) is 14.6. The lowest BCUT2D eigenvalue weighted by atomic mass is 9.84. The average Bonchev–Trinajstić information content (AvgIpc) is 2.80. The van der Waals surface area contributed by atoms with Crippen molar-refractivity contribution in [3.63, 3.8) is 0 Å². The molecule has 21 heavy (non-hydrogen) atoms. The third-order valence-corrected chi connectivity index (χ3v) is 4.39. The Kier molecular flexibility index (Phi) is 2.54. The van der Waals surface area contributed by atoms with E-state index in [9.17, 15) is 5.11 Å². The topological polar surface area (TPSA) is 20.2 Å². The molecule has 0 heterocycles. The van der Waals surface area contributed by atoms with Crippen LogP contribution in [0.15, 0.2) is 72.8 Å². The molecular weight excluding hydrogens is 256 g/mol. The molecule has 0 amide bonds. The van der Waals surface area contributed by atoms with E-state index in [0.29, 0.717) is 0 Å². The van der Waals surface area contributed by atoms with Gasteiger partial charge in [-0.3, -0.25) is 0 Å². The zero-order valence-electron chi connectivity index (χ0n) is 11.9. The lowest BCUT2D eigenvalue weighted by Crippen LogP contribution is -2.26. The van der Waals surface area contributed by atoms with Gasteiger partial charge in [0.15, 0.2) is 0 Å². The first-order chi connectivity index (χ1) is 10.2. The van der Waals surface area contributed by atoms with E-state index in [0.717, 1.165) is 27.8 Å². The van der Waals surface area contributed by atoms with Gasteiger partial charge in [0.2, 0.25) is 0 Å². The van der Waals surface area contributed by atoms with E-state index in [4.69, 9.17) is 0 Å². The summed E-state index contributed by atoms with van der Waals surface area (Å²) in [4.78, 5) is 0. The SMILES string of the molecule is Cc1ccc(C2(O)c3ccccc3-c3ccccc32)cc1. The van der Waals surface area contributed by atoms with Gasteiger partial charge in [0, 0.05) is 11.1 Å². The number of fused-ring (bicyclic) bond motifs is 3. The smallest absolute Gasteiger partial charge is 0.141 e. The van der Waals surface area contributed by atoms with Gasteiger partial charge in [0.05, 0.1) is 0 Å². The van der Waals surface area contributed by atoms with Gasteiger partial charge in [-0.2, -0.15) is 0 Å². The summed E-state index contributed by atoms with van der Waals surface area (Å²) in [6.07, 6.45) is 0. The number of rotatable bonds is 1. The van der Waals surface area contributed by atoms with Crippen LogP contribution in [0.1, 0.15) is 22.3 Å². The summed E-state index contributed by atoms with van der Waals surface area (Å²) in [6, 6.07) is 24.4. The van der Waals surface area contributed by atoms with Gasteiger partial charge in [-0.25, -0.2) is 0 Å². The summed E-state index contributed by atoms with van der Waals surface area (Å²) < 4.78 is 0. The molecule has 3 aromatic rings. The van der Waals surface area contributed by atoms with Crippen molar-refractivity contribution in [1.29, 1.82) is 0 Å². The molecule has 0 radical (unpaired) electrons. The third-order valence-electron chi connectivity index (χ3n) is 4.39. The molecule has 0 fully saturated rings. The van der Waals surface area contributed by atoms with Crippen LogP contribution in [0.4, 0.5) is 0 Å². The molecule has 3 aromatic carbocycles. The molecule has 1 aliphatic carbocycles. The van der Waals surface area contributed by atoms with Crippen molar-refractivity contribution < 1.29 is 5.11 Å². The van der Waals surface area contributed by atoms with Gasteiger partial charge in [0.1, 0.15) is 5.60 Å². The fourth-order valence-corrected chi connectivity index (χ4v) is 3.32. The molecule has 0 aromatic heterocycles. The summed E-state index contributed by atoms with van der Waals surface area (Å²) >= 11 is 0. The monoisotopic (exact) mass is 272 g/mol. The highest BCUT2D eigenvalue weighted by Crippen LogP contribution is 2.50. The lowest BCUT2D eigenvalue weighted by Gasteiger charge is -2.26. The Hall–Kier alpha value is -2.38. The van der Waals surface area contributed by atoms with Crippen LogP contribution in [0.5, 0.6) is 0 Å². The van der Waals surface area contributed by atoms with Crippen molar-refractivity contribution in [1.82, 2.24) is 0 Å². The van der Waals surface area contributed by atoms with Gasteiger partial charge >= 0.3 is 0 Å². The highest BCUT2D eigenvalue weighted by atomic mass is 16.3. The molecule has 4 rings (SSSR count). The summed E-state index contributed by atoms with van der Waals surface area (Å²) in [5.74, 6) is 0. The molecule has 0 saturated heterocycles. The highest BCUT2D eigenvalue weighted by molar-refractivity contribution is 5.82. The molecule has 1 aliphatic rings. The molecule has 0 aliphatic heterocycles. The number of aryl methyl sites for hydroxylation is 1. The molecule has 1 heteroatoms. The molecule has 102 valence electrons. The minimum absolute atomic E-state index is 0.922. The third kappa shape index (κ3) is 1.61. The highest BCUT2D eigenvalue weighted by Gasteiger charge is 2.42.